The van der Waals surface area contributed by atoms with Crippen molar-refractivity contribution in [2.75, 3.05) is 0 Å². The van der Waals surface area contributed by atoms with Crippen LogP contribution in [-0.2, 0) is 0 Å². The molecule has 19 heavy (non-hydrogen) atoms. The van der Waals surface area contributed by atoms with Crippen molar-refractivity contribution < 1.29 is 9.90 Å². The molecule has 0 aliphatic carbocycles. The summed E-state index contributed by atoms with van der Waals surface area (Å²) in [6, 6.07) is 5.06. The van der Waals surface area contributed by atoms with Crippen molar-refractivity contribution in [3.05, 3.63) is 56.9 Å². The predicted molar refractivity (Wildman–Crippen MR) is 73.7 cm³/mol. The molecule has 0 aliphatic heterocycles. The highest BCUT2D eigenvalue weighted by Crippen LogP contribution is 2.25. The average Bonchev–Trinajstić information content (AvgIpc) is 2.37. The van der Waals surface area contributed by atoms with E-state index in [2.05, 4.69) is 4.98 Å². The molecule has 0 radical (unpaired) electrons. The van der Waals surface area contributed by atoms with Crippen LogP contribution in [0.25, 0.3) is 11.3 Å². The Hall–Kier alpha value is -2.36. The molecule has 2 rings (SSSR count). The molecule has 0 spiro atoms. The van der Waals surface area contributed by atoms with Gasteiger partial charge in [-0.15, -0.1) is 0 Å². The van der Waals surface area contributed by atoms with Gasteiger partial charge in [-0.05, 0) is 32.4 Å². The molecule has 1 heterocycles. The monoisotopic (exact) mass is 257 g/mol. The summed E-state index contributed by atoms with van der Waals surface area (Å²) in [5.74, 6) is -0.966. The highest BCUT2D eigenvalue weighted by molar-refractivity contribution is 5.91. The number of aromatic carboxylic acids is 1. The van der Waals surface area contributed by atoms with E-state index >= 15 is 0 Å². The number of hydrogen-bond donors (Lipinski definition) is 2. The van der Waals surface area contributed by atoms with Gasteiger partial charge in [0.05, 0.1) is 11.3 Å². The molecule has 98 valence electrons. The van der Waals surface area contributed by atoms with E-state index in [1.165, 1.54) is 0 Å². The molecule has 0 fully saturated rings. The number of aromatic nitrogens is 1. The van der Waals surface area contributed by atoms with Crippen molar-refractivity contribution in [1.82, 2.24) is 4.98 Å². The maximum Gasteiger partial charge on any atom is 0.335 e. The minimum Gasteiger partial charge on any atom is -0.478 e. The summed E-state index contributed by atoms with van der Waals surface area (Å²) >= 11 is 0. The molecule has 0 saturated carbocycles. The molecule has 2 N–H and O–H groups in total. The zero-order valence-electron chi connectivity index (χ0n) is 11.1. The number of nitrogens with one attached hydrogen (secondary N) is 1. The van der Waals surface area contributed by atoms with Gasteiger partial charge in [-0.1, -0.05) is 12.1 Å². The topological polar surface area (TPSA) is 70.2 Å². The van der Waals surface area contributed by atoms with E-state index in [1.807, 2.05) is 6.07 Å². The van der Waals surface area contributed by atoms with Gasteiger partial charge in [0.2, 0.25) is 0 Å². The van der Waals surface area contributed by atoms with Crippen molar-refractivity contribution in [2.24, 2.45) is 0 Å². The summed E-state index contributed by atoms with van der Waals surface area (Å²) in [6.45, 7) is 5.24. The molecule has 4 heteroatoms. The first-order valence-electron chi connectivity index (χ1n) is 5.95. The number of carboxylic acid groups (broad SMARTS) is 1. The van der Waals surface area contributed by atoms with Gasteiger partial charge in [0, 0.05) is 22.9 Å². The van der Waals surface area contributed by atoms with Gasteiger partial charge >= 0.3 is 5.97 Å². The number of aryl methyl sites for hydroxylation is 1. The highest BCUT2D eigenvalue weighted by Gasteiger charge is 2.14. The van der Waals surface area contributed by atoms with Crippen LogP contribution in [0.5, 0.6) is 0 Å². The first kappa shape index (κ1) is 13.1. The number of benzene rings is 1. The average molecular weight is 257 g/mol. The maximum absolute atomic E-state index is 12.0. The number of carbonyl (C=O) groups is 1. The summed E-state index contributed by atoms with van der Waals surface area (Å²) in [6.07, 6.45) is 1.65. The largest absolute Gasteiger partial charge is 0.478 e. The first-order chi connectivity index (χ1) is 8.93. The van der Waals surface area contributed by atoms with Crippen LogP contribution in [0.4, 0.5) is 0 Å². The Morgan fingerprint density at radius 2 is 1.84 bits per heavy atom. The van der Waals surface area contributed by atoms with E-state index in [9.17, 15) is 9.59 Å². The third kappa shape index (κ3) is 2.17. The molecular weight excluding hydrogens is 242 g/mol. The number of aromatic amines is 1. The highest BCUT2D eigenvalue weighted by atomic mass is 16.4. The number of hydrogen-bond acceptors (Lipinski definition) is 2. The van der Waals surface area contributed by atoms with Crippen LogP contribution in [0.1, 0.15) is 27.0 Å². The molecule has 1 aromatic carbocycles. The zero-order chi connectivity index (χ0) is 14.2. The van der Waals surface area contributed by atoms with Crippen molar-refractivity contribution in [3.63, 3.8) is 0 Å². The van der Waals surface area contributed by atoms with E-state index in [-0.39, 0.29) is 11.0 Å². The van der Waals surface area contributed by atoms with Gasteiger partial charge in [-0.25, -0.2) is 4.79 Å². The van der Waals surface area contributed by atoms with Crippen LogP contribution in [0.15, 0.2) is 29.2 Å². The third-order valence-electron chi connectivity index (χ3n) is 3.34. The summed E-state index contributed by atoms with van der Waals surface area (Å²) in [5, 5.41) is 9.13. The Balaban J connectivity index is 2.74. The lowest BCUT2D eigenvalue weighted by atomic mass is 9.97. The van der Waals surface area contributed by atoms with Gasteiger partial charge in [-0.2, -0.15) is 0 Å². The Labute approximate surface area is 110 Å². The molecule has 0 bridgehead atoms. The van der Waals surface area contributed by atoms with Crippen molar-refractivity contribution in [2.45, 2.75) is 20.8 Å². The molecule has 2 aromatic rings. The molecule has 0 saturated heterocycles. The third-order valence-corrected chi connectivity index (χ3v) is 3.34. The molecular formula is C15H15NO3. The first-order valence-corrected chi connectivity index (χ1v) is 5.95. The van der Waals surface area contributed by atoms with Gasteiger partial charge in [-0.3, -0.25) is 4.79 Å². The zero-order valence-corrected chi connectivity index (χ0v) is 11.1. The quantitative estimate of drug-likeness (QED) is 0.868. The van der Waals surface area contributed by atoms with Gasteiger partial charge in [0.1, 0.15) is 0 Å². The molecule has 0 aliphatic rings. The minimum absolute atomic E-state index is 0.0196. The van der Waals surface area contributed by atoms with Crippen LogP contribution in [0, 0.1) is 20.8 Å². The number of rotatable bonds is 2. The summed E-state index contributed by atoms with van der Waals surface area (Å²) in [4.78, 5) is 26.2. The Kier molecular flexibility index (Phi) is 3.25. The summed E-state index contributed by atoms with van der Waals surface area (Å²) in [7, 11) is 0. The van der Waals surface area contributed by atoms with Crippen molar-refractivity contribution in [1.29, 1.82) is 0 Å². The van der Waals surface area contributed by atoms with Crippen LogP contribution in [0.3, 0.4) is 0 Å². The molecule has 1 aromatic heterocycles. The second-order valence-corrected chi connectivity index (χ2v) is 4.58. The standard InChI is InChI=1S/C15H15NO3/c1-8-7-16-13(10(3)14(8)17)11-5-4-6-12(9(11)2)15(18)19/h4-7H,1-3H3,(H,16,17)(H,18,19). The molecule has 0 amide bonds. The lowest BCUT2D eigenvalue weighted by Gasteiger charge is -2.11. The number of carboxylic acids is 1. The second kappa shape index (κ2) is 4.72. The van der Waals surface area contributed by atoms with E-state index in [0.717, 1.165) is 5.56 Å². The lowest BCUT2D eigenvalue weighted by Crippen LogP contribution is -2.12. The molecule has 4 nitrogen and oxygen atoms in total. The summed E-state index contributed by atoms with van der Waals surface area (Å²) < 4.78 is 0. The van der Waals surface area contributed by atoms with Crippen LogP contribution in [-0.4, -0.2) is 16.1 Å². The van der Waals surface area contributed by atoms with Crippen LogP contribution < -0.4 is 5.43 Å². The Morgan fingerprint density at radius 1 is 1.16 bits per heavy atom. The van der Waals surface area contributed by atoms with E-state index in [0.29, 0.717) is 22.4 Å². The van der Waals surface area contributed by atoms with Crippen LogP contribution >= 0.6 is 0 Å². The lowest BCUT2D eigenvalue weighted by molar-refractivity contribution is 0.0696. The number of H-pyrrole nitrogens is 1. The smallest absolute Gasteiger partial charge is 0.335 e. The fourth-order valence-corrected chi connectivity index (χ4v) is 2.18. The molecule has 0 unspecified atom stereocenters. The van der Waals surface area contributed by atoms with Gasteiger partial charge in [0.25, 0.3) is 0 Å². The van der Waals surface area contributed by atoms with Crippen LogP contribution in [0.2, 0.25) is 0 Å². The normalized spacial score (nSPS) is 10.5. The fourth-order valence-electron chi connectivity index (χ4n) is 2.18. The van der Waals surface area contributed by atoms with E-state index in [1.54, 1.807) is 39.1 Å². The Bertz CT molecular complexity index is 714. The Morgan fingerprint density at radius 3 is 2.47 bits per heavy atom. The molecule has 0 atom stereocenters. The van der Waals surface area contributed by atoms with Crippen molar-refractivity contribution >= 4 is 5.97 Å². The van der Waals surface area contributed by atoms with Crippen molar-refractivity contribution in [3.8, 4) is 11.3 Å². The summed E-state index contributed by atoms with van der Waals surface area (Å²) in [5.41, 5.74) is 3.55. The maximum atomic E-state index is 12.0. The SMILES string of the molecule is Cc1c(C(=O)O)cccc1-c1[nH]cc(C)c(=O)c1C. The fraction of sp³-hybridized carbons (Fsp3) is 0.200. The predicted octanol–water partition coefficient (Wildman–Crippen LogP) is 2.67. The van der Waals surface area contributed by atoms with E-state index < -0.39 is 5.97 Å². The number of pyridine rings is 1. The van der Waals surface area contributed by atoms with Gasteiger partial charge in [0.15, 0.2) is 5.43 Å². The van der Waals surface area contributed by atoms with Gasteiger partial charge < -0.3 is 10.1 Å². The minimum atomic E-state index is -0.966. The second-order valence-electron chi connectivity index (χ2n) is 4.58. The van der Waals surface area contributed by atoms with E-state index in [4.69, 9.17) is 5.11 Å².